The largest absolute Gasteiger partial charge is 0.456 e. The number of furan rings is 2. The van der Waals surface area contributed by atoms with Gasteiger partial charge >= 0.3 is 0 Å². The first-order valence-electron chi connectivity index (χ1n) is 18.6. The molecule has 0 saturated heterocycles. The molecule has 0 aliphatic carbocycles. The fraction of sp³-hybridized carbons (Fsp3) is 0. The van der Waals surface area contributed by atoms with Crippen LogP contribution in [0.3, 0.4) is 0 Å². The highest BCUT2D eigenvalue weighted by molar-refractivity contribution is 5.86. The molecule has 0 N–H and O–H groups in total. The molecule has 2 aromatic heterocycles. The van der Waals surface area contributed by atoms with E-state index in [1.165, 1.54) is 22.3 Å². The van der Waals surface area contributed by atoms with Crippen molar-refractivity contribution < 1.29 is 8.83 Å². The summed E-state index contributed by atoms with van der Waals surface area (Å²) in [7, 11) is 0. The number of nitrogens with zero attached hydrogens (tertiary/aromatic N) is 1. The summed E-state index contributed by atoms with van der Waals surface area (Å²) in [5.41, 5.74) is 14.2. The van der Waals surface area contributed by atoms with E-state index in [1.807, 2.05) is 36.4 Å². The number of rotatable bonds is 8. The summed E-state index contributed by atoms with van der Waals surface area (Å²) < 4.78 is 12.3. The Bertz CT molecular complexity index is 2800. The average molecular weight is 706 g/mol. The van der Waals surface area contributed by atoms with Gasteiger partial charge in [0.15, 0.2) is 0 Å². The van der Waals surface area contributed by atoms with Crippen LogP contribution in [0.5, 0.6) is 0 Å². The number of benzene rings is 8. The van der Waals surface area contributed by atoms with Gasteiger partial charge in [0.05, 0.1) is 0 Å². The molecule has 0 amide bonds. The Hall–Kier alpha value is -7.36. The maximum atomic E-state index is 6.19. The first-order chi connectivity index (χ1) is 27.2. The quantitative estimate of drug-likeness (QED) is 0.158. The second-order valence-electron chi connectivity index (χ2n) is 13.8. The minimum Gasteiger partial charge on any atom is -0.456 e. The number of hydrogen-bond donors (Lipinski definition) is 0. The van der Waals surface area contributed by atoms with Crippen LogP contribution in [-0.4, -0.2) is 0 Å². The molecule has 0 aliphatic rings. The molecule has 0 atom stereocenters. The molecule has 3 nitrogen and oxygen atoms in total. The number of fused-ring (bicyclic) bond motifs is 2. The van der Waals surface area contributed by atoms with Crippen molar-refractivity contribution in [2.45, 2.75) is 0 Å². The summed E-state index contributed by atoms with van der Waals surface area (Å²) in [5, 5.41) is 2.21. The van der Waals surface area contributed by atoms with Gasteiger partial charge in [-0.1, -0.05) is 140 Å². The third-order valence-electron chi connectivity index (χ3n) is 10.3. The van der Waals surface area contributed by atoms with Gasteiger partial charge in [0, 0.05) is 39.0 Å². The van der Waals surface area contributed by atoms with Crippen LogP contribution in [0.1, 0.15) is 0 Å². The summed E-state index contributed by atoms with van der Waals surface area (Å²) in [6, 6.07) is 74.6. The number of para-hydroxylation sites is 2. The summed E-state index contributed by atoms with van der Waals surface area (Å²) in [4.78, 5) is 2.30. The van der Waals surface area contributed by atoms with Crippen molar-refractivity contribution >= 4 is 39.0 Å². The molecule has 3 heteroatoms. The minimum atomic E-state index is 0.859. The van der Waals surface area contributed by atoms with Crippen LogP contribution in [0.4, 0.5) is 17.1 Å². The lowest BCUT2D eigenvalue weighted by atomic mass is 10.00. The van der Waals surface area contributed by atoms with Gasteiger partial charge in [0.25, 0.3) is 0 Å². The average Bonchev–Trinajstić information content (AvgIpc) is 3.90. The first-order valence-corrected chi connectivity index (χ1v) is 18.6. The van der Waals surface area contributed by atoms with Crippen LogP contribution in [0, 0.1) is 0 Å². The Labute approximate surface area is 320 Å². The third-order valence-corrected chi connectivity index (χ3v) is 10.3. The van der Waals surface area contributed by atoms with E-state index in [4.69, 9.17) is 8.83 Å². The Kier molecular flexibility index (Phi) is 8.16. The van der Waals surface area contributed by atoms with Gasteiger partial charge in [-0.3, -0.25) is 0 Å². The van der Waals surface area contributed by atoms with E-state index in [9.17, 15) is 0 Å². The highest BCUT2D eigenvalue weighted by Crippen LogP contribution is 2.39. The SMILES string of the molecule is c1ccc(-c2ccc(-c3ccc(N(c4ccc(-c5ccc(-c6cc7ccccc7o6)cc5)cc4)c4ccc(-c5cc6ccccc6o5)cc4)cc3)cc2)cc1. The molecule has 10 aromatic rings. The van der Waals surface area contributed by atoms with Gasteiger partial charge < -0.3 is 13.7 Å². The van der Waals surface area contributed by atoms with Crippen molar-refractivity contribution in [1.29, 1.82) is 0 Å². The van der Waals surface area contributed by atoms with Crippen LogP contribution < -0.4 is 4.90 Å². The van der Waals surface area contributed by atoms with Gasteiger partial charge in [-0.05, 0) is 106 Å². The highest BCUT2D eigenvalue weighted by atomic mass is 16.3. The lowest BCUT2D eigenvalue weighted by molar-refractivity contribution is 0.631. The van der Waals surface area contributed by atoms with Crippen molar-refractivity contribution in [3.8, 4) is 56.0 Å². The molecule has 0 saturated carbocycles. The molecule has 0 bridgehead atoms. The molecule has 260 valence electrons. The molecule has 0 unspecified atom stereocenters. The second kappa shape index (κ2) is 13.9. The fourth-order valence-electron chi connectivity index (χ4n) is 7.39. The van der Waals surface area contributed by atoms with Crippen molar-refractivity contribution in [1.82, 2.24) is 0 Å². The summed E-state index contributed by atoms with van der Waals surface area (Å²) in [6.07, 6.45) is 0. The van der Waals surface area contributed by atoms with E-state index in [-0.39, 0.29) is 0 Å². The standard InChI is InChI=1S/C52H35NO2/c1-2-8-36(9-3-1)37-14-16-38(17-15-37)40-22-28-46(29-23-40)53(48-32-26-43(27-33-48)52-35-45-11-5-7-13-50(45)55-52)47-30-24-41(25-31-47)39-18-20-42(21-19-39)51-34-44-10-4-6-12-49(44)54-51/h1-35H. The molecule has 10 rings (SSSR count). The number of hydrogen-bond acceptors (Lipinski definition) is 3. The van der Waals surface area contributed by atoms with E-state index < -0.39 is 0 Å². The van der Waals surface area contributed by atoms with Gasteiger partial charge in [0.2, 0.25) is 0 Å². The predicted molar refractivity (Wildman–Crippen MR) is 228 cm³/mol. The molecule has 0 fully saturated rings. The zero-order chi connectivity index (χ0) is 36.6. The van der Waals surface area contributed by atoms with Crippen molar-refractivity contribution in [2.24, 2.45) is 0 Å². The van der Waals surface area contributed by atoms with Crippen LogP contribution in [0.15, 0.2) is 221 Å². The zero-order valence-electron chi connectivity index (χ0n) is 30.0. The van der Waals surface area contributed by atoms with Crippen LogP contribution in [-0.2, 0) is 0 Å². The van der Waals surface area contributed by atoms with E-state index >= 15 is 0 Å². The van der Waals surface area contributed by atoms with E-state index in [0.29, 0.717) is 0 Å². The van der Waals surface area contributed by atoms with Crippen LogP contribution in [0.25, 0.3) is 78.0 Å². The molecular weight excluding hydrogens is 671 g/mol. The van der Waals surface area contributed by atoms with E-state index in [2.05, 4.69) is 181 Å². The van der Waals surface area contributed by atoms with Crippen molar-refractivity contribution in [3.63, 3.8) is 0 Å². The number of anilines is 3. The van der Waals surface area contributed by atoms with Crippen molar-refractivity contribution in [3.05, 3.63) is 212 Å². The minimum absolute atomic E-state index is 0.859. The van der Waals surface area contributed by atoms with Crippen LogP contribution >= 0.6 is 0 Å². The smallest absolute Gasteiger partial charge is 0.135 e. The Balaban J connectivity index is 0.960. The topological polar surface area (TPSA) is 29.5 Å². The van der Waals surface area contributed by atoms with Gasteiger partial charge in [-0.2, -0.15) is 0 Å². The maximum absolute atomic E-state index is 6.19. The fourth-order valence-corrected chi connectivity index (χ4v) is 7.39. The second-order valence-corrected chi connectivity index (χ2v) is 13.8. The maximum Gasteiger partial charge on any atom is 0.135 e. The summed E-state index contributed by atoms with van der Waals surface area (Å²) in [6.45, 7) is 0. The highest BCUT2D eigenvalue weighted by Gasteiger charge is 2.15. The molecular formula is C52H35NO2. The molecule has 0 aliphatic heterocycles. The summed E-state index contributed by atoms with van der Waals surface area (Å²) >= 11 is 0. The molecule has 0 spiro atoms. The normalized spacial score (nSPS) is 11.3. The Morgan fingerprint density at radius 3 is 0.927 bits per heavy atom. The Morgan fingerprint density at radius 2 is 0.545 bits per heavy atom. The van der Waals surface area contributed by atoms with Gasteiger partial charge in [-0.15, -0.1) is 0 Å². The molecule has 55 heavy (non-hydrogen) atoms. The zero-order valence-corrected chi connectivity index (χ0v) is 30.0. The van der Waals surface area contributed by atoms with E-state index in [1.54, 1.807) is 0 Å². The van der Waals surface area contributed by atoms with Gasteiger partial charge in [-0.25, -0.2) is 0 Å². The lowest BCUT2D eigenvalue weighted by Gasteiger charge is -2.26. The van der Waals surface area contributed by atoms with Crippen LogP contribution in [0.2, 0.25) is 0 Å². The lowest BCUT2D eigenvalue weighted by Crippen LogP contribution is -2.09. The molecule has 0 radical (unpaired) electrons. The molecule has 8 aromatic carbocycles. The first kappa shape index (κ1) is 32.3. The predicted octanol–water partition coefficient (Wildman–Crippen LogP) is 15.0. The van der Waals surface area contributed by atoms with Crippen molar-refractivity contribution in [2.75, 3.05) is 4.90 Å². The van der Waals surface area contributed by atoms with E-state index in [0.717, 1.165) is 72.8 Å². The third kappa shape index (κ3) is 6.39. The Morgan fingerprint density at radius 1 is 0.255 bits per heavy atom. The summed E-state index contributed by atoms with van der Waals surface area (Å²) in [5.74, 6) is 1.73. The van der Waals surface area contributed by atoms with Gasteiger partial charge in [0.1, 0.15) is 22.7 Å². The molecule has 2 heterocycles. The monoisotopic (exact) mass is 705 g/mol.